The van der Waals surface area contributed by atoms with Crippen molar-refractivity contribution < 1.29 is 0 Å². The van der Waals surface area contributed by atoms with Gasteiger partial charge in [-0.05, 0) is 32.5 Å². The summed E-state index contributed by atoms with van der Waals surface area (Å²) in [7, 11) is 2.14. The van der Waals surface area contributed by atoms with E-state index in [1.807, 2.05) is 0 Å². The van der Waals surface area contributed by atoms with Gasteiger partial charge in [-0.2, -0.15) is 0 Å². The number of nitrogens with zero attached hydrogens (tertiary/aromatic N) is 1. The Labute approximate surface area is 91.7 Å². The van der Waals surface area contributed by atoms with Gasteiger partial charge in [-0.15, -0.1) is 11.6 Å². The van der Waals surface area contributed by atoms with E-state index in [2.05, 4.69) is 49.2 Å². The number of rotatable bonds is 5. The minimum absolute atomic E-state index is 0.472. The molecule has 1 aromatic carbocycles. The maximum Gasteiger partial charge on any atom is 0.0316 e. The fraction of sp³-hybridized carbons (Fsp3) is 0.500. The first-order chi connectivity index (χ1) is 6.75. The van der Waals surface area contributed by atoms with Crippen LogP contribution < -0.4 is 0 Å². The molecule has 78 valence electrons. The lowest BCUT2D eigenvalue weighted by atomic mass is 10.1. The van der Waals surface area contributed by atoms with E-state index < -0.39 is 0 Å². The molecule has 1 aromatic rings. The summed E-state index contributed by atoms with van der Waals surface area (Å²) in [6.07, 6.45) is 1.05. The second-order valence-corrected chi connectivity index (χ2v) is 3.99. The standard InChI is InChI=1S/C12H18ClN/c1-11(14(2)10-6-9-13)12-7-4-3-5-8-12/h3-5,7-8,11H,6,9-10H2,1-2H3. The highest BCUT2D eigenvalue weighted by atomic mass is 35.5. The molecule has 0 radical (unpaired) electrons. The van der Waals surface area contributed by atoms with E-state index in [1.54, 1.807) is 0 Å². The van der Waals surface area contributed by atoms with E-state index in [9.17, 15) is 0 Å². The molecule has 0 aromatic heterocycles. The number of benzene rings is 1. The van der Waals surface area contributed by atoms with Gasteiger partial charge in [-0.1, -0.05) is 30.3 Å². The van der Waals surface area contributed by atoms with Gasteiger partial charge in [0.25, 0.3) is 0 Å². The first-order valence-corrected chi connectivity index (χ1v) is 5.60. The number of hydrogen-bond acceptors (Lipinski definition) is 1. The van der Waals surface area contributed by atoms with Crippen LogP contribution in [0.15, 0.2) is 30.3 Å². The Balaban J connectivity index is 2.52. The van der Waals surface area contributed by atoms with Gasteiger partial charge >= 0.3 is 0 Å². The van der Waals surface area contributed by atoms with Crippen LogP contribution in [0.3, 0.4) is 0 Å². The Kier molecular flexibility index (Phi) is 4.99. The summed E-state index contributed by atoms with van der Waals surface area (Å²) in [6, 6.07) is 11.0. The topological polar surface area (TPSA) is 3.24 Å². The van der Waals surface area contributed by atoms with E-state index in [-0.39, 0.29) is 0 Å². The van der Waals surface area contributed by atoms with Crippen molar-refractivity contribution in [3.8, 4) is 0 Å². The Bertz CT molecular complexity index is 248. The SMILES string of the molecule is CC(c1ccccc1)N(C)CCCCl. The first-order valence-electron chi connectivity index (χ1n) is 5.07. The van der Waals surface area contributed by atoms with E-state index in [1.165, 1.54) is 5.56 Å². The molecule has 0 fully saturated rings. The van der Waals surface area contributed by atoms with Crippen LogP contribution in [0.25, 0.3) is 0 Å². The fourth-order valence-electron chi connectivity index (χ4n) is 1.49. The van der Waals surface area contributed by atoms with Gasteiger partial charge in [0.2, 0.25) is 0 Å². The van der Waals surface area contributed by atoms with E-state index in [4.69, 9.17) is 11.6 Å². The average molecular weight is 212 g/mol. The average Bonchev–Trinajstić information content (AvgIpc) is 2.26. The van der Waals surface area contributed by atoms with E-state index in [0.29, 0.717) is 6.04 Å². The van der Waals surface area contributed by atoms with Gasteiger partial charge in [-0.25, -0.2) is 0 Å². The molecule has 2 heteroatoms. The highest BCUT2D eigenvalue weighted by Gasteiger charge is 2.09. The Morgan fingerprint density at radius 1 is 1.29 bits per heavy atom. The molecule has 0 amide bonds. The number of hydrogen-bond donors (Lipinski definition) is 0. The van der Waals surface area contributed by atoms with Crippen molar-refractivity contribution in [2.75, 3.05) is 19.5 Å². The van der Waals surface area contributed by atoms with Crippen molar-refractivity contribution in [3.05, 3.63) is 35.9 Å². The Morgan fingerprint density at radius 3 is 2.50 bits per heavy atom. The fourth-order valence-corrected chi connectivity index (χ4v) is 1.61. The summed E-state index contributed by atoms with van der Waals surface area (Å²) in [5.74, 6) is 0.742. The molecule has 0 bridgehead atoms. The minimum Gasteiger partial charge on any atom is -0.300 e. The predicted molar refractivity (Wildman–Crippen MR) is 62.8 cm³/mol. The lowest BCUT2D eigenvalue weighted by molar-refractivity contribution is 0.263. The maximum atomic E-state index is 5.67. The molecule has 0 saturated carbocycles. The zero-order valence-corrected chi connectivity index (χ0v) is 9.67. The summed E-state index contributed by atoms with van der Waals surface area (Å²) >= 11 is 5.67. The van der Waals surface area contributed by atoms with Crippen LogP contribution in [0.5, 0.6) is 0 Å². The van der Waals surface area contributed by atoms with Crippen LogP contribution in [0.2, 0.25) is 0 Å². The third-order valence-corrected chi connectivity index (χ3v) is 2.85. The van der Waals surface area contributed by atoms with Crippen LogP contribution >= 0.6 is 11.6 Å². The van der Waals surface area contributed by atoms with Gasteiger partial charge < -0.3 is 0 Å². The molecule has 1 atom stereocenters. The third kappa shape index (κ3) is 3.32. The molecule has 1 rings (SSSR count). The van der Waals surface area contributed by atoms with Crippen molar-refractivity contribution in [1.29, 1.82) is 0 Å². The molecule has 0 N–H and O–H groups in total. The van der Waals surface area contributed by atoms with E-state index >= 15 is 0 Å². The smallest absolute Gasteiger partial charge is 0.0316 e. The molecular formula is C12H18ClN. The normalized spacial score (nSPS) is 13.1. The van der Waals surface area contributed by atoms with Crippen molar-refractivity contribution in [1.82, 2.24) is 4.90 Å². The van der Waals surface area contributed by atoms with Crippen LogP contribution in [-0.4, -0.2) is 24.4 Å². The van der Waals surface area contributed by atoms with Gasteiger partial charge in [0.15, 0.2) is 0 Å². The molecule has 0 aliphatic rings. The number of halogens is 1. The molecule has 0 aliphatic carbocycles. The summed E-state index contributed by atoms with van der Waals surface area (Å²) in [5.41, 5.74) is 1.37. The Hall–Kier alpha value is -0.530. The predicted octanol–water partition coefficient (Wildman–Crippen LogP) is 3.31. The molecule has 0 spiro atoms. The van der Waals surface area contributed by atoms with Gasteiger partial charge in [0.1, 0.15) is 0 Å². The van der Waals surface area contributed by atoms with Gasteiger partial charge in [0, 0.05) is 11.9 Å². The van der Waals surface area contributed by atoms with Gasteiger partial charge in [0.05, 0.1) is 0 Å². The Morgan fingerprint density at radius 2 is 1.93 bits per heavy atom. The minimum atomic E-state index is 0.472. The summed E-state index contributed by atoms with van der Waals surface area (Å²) in [6.45, 7) is 3.28. The second kappa shape index (κ2) is 6.05. The van der Waals surface area contributed by atoms with Crippen molar-refractivity contribution in [3.63, 3.8) is 0 Å². The molecule has 0 saturated heterocycles. The van der Waals surface area contributed by atoms with Crippen molar-refractivity contribution in [2.24, 2.45) is 0 Å². The van der Waals surface area contributed by atoms with Crippen molar-refractivity contribution >= 4 is 11.6 Å². The van der Waals surface area contributed by atoms with Crippen molar-refractivity contribution in [2.45, 2.75) is 19.4 Å². The zero-order chi connectivity index (χ0) is 10.4. The molecule has 1 unspecified atom stereocenters. The largest absolute Gasteiger partial charge is 0.300 e. The molecule has 1 nitrogen and oxygen atoms in total. The van der Waals surface area contributed by atoms with E-state index in [0.717, 1.165) is 18.8 Å². The second-order valence-electron chi connectivity index (χ2n) is 3.61. The number of alkyl halides is 1. The monoisotopic (exact) mass is 211 g/mol. The summed E-state index contributed by atoms with van der Waals surface area (Å²) in [4.78, 5) is 2.33. The van der Waals surface area contributed by atoms with Crippen LogP contribution in [0, 0.1) is 0 Å². The lowest BCUT2D eigenvalue weighted by Gasteiger charge is -2.24. The van der Waals surface area contributed by atoms with Gasteiger partial charge in [-0.3, -0.25) is 4.90 Å². The summed E-state index contributed by atoms with van der Waals surface area (Å²) < 4.78 is 0. The molecule has 0 heterocycles. The highest BCUT2D eigenvalue weighted by Crippen LogP contribution is 2.17. The quantitative estimate of drug-likeness (QED) is 0.676. The maximum absolute atomic E-state index is 5.67. The van der Waals surface area contributed by atoms with Crippen LogP contribution in [0.4, 0.5) is 0 Å². The third-order valence-electron chi connectivity index (χ3n) is 2.59. The van der Waals surface area contributed by atoms with Crippen LogP contribution in [-0.2, 0) is 0 Å². The first kappa shape index (κ1) is 11.5. The molecule has 14 heavy (non-hydrogen) atoms. The lowest BCUT2D eigenvalue weighted by Crippen LogP contribution is -2.23. The zero-order valence-electron chi connectivity index (χ0n) is 8.91. The summed E-state index contributed by atoms with van der Waals surface area (Å²) in [5, 5.41) is 0. The highest BCUT2D eigenvalue weighted by molar-refractivity contribution is 6.17. The molecule has 0 aliphatic heterocycles. The van der Waals surface area contributed by atoms with Crippen LogP contribution in [0.1, 0.15) is 24.9 Å². The molecular weight excluding hydrogens is 194 g/mol.